The van der Waals surface area contributed by atoms with Crippen molar-refractivity contribution in [3.63, 3.8) is 0 Å². The zero-order chi connectivity index (χ0) is 18.9. The zero-order valence-corrected chi connectivity index (χ0v) is 15.4. The van der Waals surface area contributed by atoms with Crippen molar-refractivity contribution in [3.05, 3.63) is 71.8 Å². The highest BCUT2D eigenvalue weighted by Crippen LogP contribution is 2.22. The third kappa shape index (κ3) is 7.94. The molecule has 0 unspecified atom stereocenters. The summed E-state index contributed by atoms with van der Waals surface area (Å²) in [6.07, 6.45) is 0. The molecule has 0 spiro atoms. The molecule has 0 bridgehead atoms. The highest BCUT2D eigenvalue weighted by Gasteiger charge is 2.20. The minimum atomic E-state index is -0.610. The Balaban J connectivity index is 0.000000257. The van der Waals surface area contributed by atoms with E-state index in [0.717, 1.165) is 5.56 Å². The number of hydrogen-bond acceptors (Lipinski definition) is 5. The first kappa shape index (κ1) is 20.8. The Kier molecular flexibility index (Phi) is 7.77. The Morgan fingerprint density at radius 2 is 1.32 bits per heavy atom. The van der Waals surface area contributed by atoms with Crippen LogP contribution in [0.4, 0.5) is 0 Å². The van der Waals surface area contributed by atoms with Gasteiger partial charge in [0.2, 0.25) is 0 Å². The fraction of sp³-hybridized carbons (Fsp3) is 0.350. The van der Waals surface area contributed by atoms with Gasteiger partial charge in [-0.15, -0.1) is 0 Å². The van der Waals surface area contributed by atoms with Gasteiger partial charge in [0.15, 0.2) is 0 Å². The van der Waals surface area contributed by atoms with Crippen LogP contribution >= 0.6 is 0 Å². The normalized spacial score (nSPS) is 11.3. The Morgan fingerprint density at radius 1 is 0.840 bits per heavy atom. The highest BCUT2D eigenvalue weighted by atomic mass is 17.2. The van der Waals surface area contributed by atoms with Crippen molar-refractivity contribution in [1.82, 2.24) is 0 Å². The van der Waals surface area contributed by atoms with E-state index in [-0.39, 0.29) is 0 Å². The van der Waals surface area contributed by atoms with E-state index in [9.17, 15) is 4.79 Å². The molecule has 0 heterocycles. The maximum absolute atomic E-state index is 11.3. The van der Waals surface area contributed by atoms with Gasteiger partial charge in [-0.25, -0.2) is 9.68 Å². The van der Waals surface area contributed by atoms with Crippen LogP contribution in [0.5, 0.6) is 0 Å². The molecule has 0 aliphatic carbocycles. The van der Waals surface area contributed by atoms with Crippen LogP contribution < -0.4 is 0 Å². The van der Waals surface area contributed by atoms with Gasteiger partial charge in [0.25, 0.3) is 0 Å². The van der Waals surface area contributed by atoms with Crippen LogP contribution in [0.1, 0.15) is 50.5 Å². The number of carbonyl (C=O) groups is 1. The summed E-state index contributed by atoms with van der Waals surface area (Å²) in [5.74, 6) is -0.472. The number of rotatable bonds is 4. The van der Waals surface area contributed by atoms with E-state index in [2.05, 4.69) is 9.78 Å². The van der Waals surface area contributed by atoms with Crippen molar-refractivity contribution < 1.29 is 24.7 Å². The van der Waals surface area contributed by atoms with Crippen molar-refractivity contribution in [1.29, 1.82) is 0 Å². The van der Waals surface area contributed by atoms with Crippen molar-refractivity contribution in [3.8, 4) is 0 Å². The molecule has 25 heavy (non-hydrogen) atoms. The lowest BCUT2D eigenvalue weighted by atomic mass is 9.99. The predicted octanol–water partition coefficient (Wildman–Crippen LogP) is 4.98. The first-order valence-electron chi connectivity index (χ1n) is 7.99. The van der Waals surface area contributed by atoms with Crippen molar-refractivity contribution in [2.75, 3.05) is 0 Å². The Labute approximate surface area is 149 Å². The second-order valence-corrected chi connectivity index (χ2v) is 6.90. The molecule has 0 atom stereocenters. The molecule has 5 heteroatoms. The van der Waals surface area contributed by atoms with Crippen LogP contribution in [-0.2, 0) is 20.3 Å². The van der Waals surface area contributed by atoms with Crippen LogP contribution in [0, 0.1) is 0 Å². The third-order valence-corrected chi connectivity index (χ3v) is 3.07. The minimum absolute atomic E-state index is 0.472. The van der Waals surface area contributed by atoms with Crippen LogP contribution in [0.25, 0.3) is 0 Å². The Hall–Kier alpha value is -2.21. The van der Waals surface area contributed by atoms with Crippen LogP contribution in [-0.4, -0.2) is 16.8 Å². The van der Waals surface area contributed by atoms with Crippen LogP contribution in [0.3, 0.4) is 0 Å². The Morgan fingerprint density at radius 3 is 1.76 bits per heavy atom. The van der Waals surface area contributed by atoms with Crippen molar-refractivity contribution in [2.45, 2.75) is 45.8 Å². The molecule has 0 aliphatic rings. The lowest BCUT2D eigenvalue weighted by Crippen LogP contribution is -2.21. The first-order chi connectivity index (χ1) is 11.7. The third-order valence-electron chi connectivity index (χ3n) is 3.07. The summed E-state index contributed by atoms with van der Waals surface area (Å²) in [5.41, 5.74) is 0.352. The van der Waals surface area contributed by atoms with E-state index in [1.165, 1.54) is 0 Å². The second kappa shape index (κ2) is 9.32. The molecule has 0 amide bonds. The second-order valence-electron chi connectivity index (χ2n) is 6.90. The van der Waals surface area contributed by atoms with Gasteiger partial charge in [-0.3, -0.25) is 10.1 Å². The predicted molar refractivity (Wildman–Crippen MR) is 95.9 cm³/mol. The molecule has 0 radical (unpaired) electrons. The quantitative estimate of drug-likeness (QED) is 0.624. The molecule has 0 aliphatic heterocycles. The molecular formula is C20H26O5. The standard InChI is InChI=1S/C11H14O3.C9H12O2/c1-11(2,3)14-13-10(12)9-7-5-4-6-8-9;1-9(2,11-10)8-6-4-3-5-7-8/h4-8H,1-3H3;3-7,10H,1-2H3. The molecule has 5 nitrogen and oxygen atoms in total. The number of benzene rings is 2. The zero-order valence-electron chi connectivity index (χ0n) is 15.4. The van der Waals surface area contributed by atoms with E-state index < -0.39 is 17.2 Å². The van der Waals surface area contributed by atoms with Crippen LogP contribution in [0.15, 0.2) is 60.7 Å². The summed E-state index contributed by atoms with van der Waals surface area (Å²) < 4.78 is 0. The molecule has 0 aromatic heterocycles. The fourth-order valence-corrected chi connectivity index (χ4v) is 1.68. The minimum Gasteiger partial charge on any atom is -0.292 e. The molecule has 2 aromatic carbocycles. The molecule has 2 rings (SSSR count). The van der Waals surface area contributed by atoms with E-state index in [4.69, 9.17) is 10.1 Å². The van der Waals surface area contributed by atoms with Gasteiger partial charge in [0.1, 0.15) is 11.2 Å². The largest absolute Gasteiger partial charge is 0.373 e. The summed E-state index contributed by atoms with van der Waals surface area (Å²) in [7, 11) is 0. The summed E-state index contributed by atoms with van der Waals surface area (Å²) >= 11 is 0. The van der Waals surface area contributed by atoms with Gasteiger partial charge in [-0.05, 0) is 52.3 Å². The molecule has 136 valence electrons. The van der Waals surface area contributed by atoms with Gasteiger partial charge in [0, 0.05) is 0 Å². The fourth-order valence-electron chi connectivity index (χ4n) is 1.68. The van der Waals surface area contributed by atoms with E-state index in [0.29, 0.717) is 5.56 Å². The summed E-state index contributed by atoms with van der Waals surface area (Å²) in [6, 6.07) is 18.3. The maximum Gasteiger partial charge on any atom is 0.373 e. The topological polar surface area (TPSA) is 65.0 Å². The van der Waals surface area contributed by atoms with Gasteiger partial charge < -0.3 is 0 Å². The van der Waals surface area contributed by atoms with Gasteiger partial charge in [-0.1, -0.05) is 48.5 Å². The lowest BCUT2D eigenvalue weighted by Gasteiger charge is -2.20. The molecule has 1 N–H and O–H groups in total. The SMILES string of the molecule is CC(C)(C)OOC(=O)c1ccccc1.CC(C)(OO)c1ccccc1. The maximum atomic E-state index is 11.3. The summed E-state index contributed by atoms with van der Waals surface area (Å²) in [5, 5.41) is 8.55. The Bertz CT molecular complexity index is 630. The van der Waals surface area contributed by atoms with E-state index in [1.807, 2.05) is 71.0 Å². The monoisotopic (exact) mass is 346 g/mol. The van der Waals surface area contributed by atoms with Gasteiger partial charge >= 0.3 is 5.97 Å². The van der Waals surface area contributed by atoms with E-state index in [1.54, 1.807) is 24.3 Å². The number of carbonyl (C=O) groups excluding carboxylic acids is 1. The van der Waals surface area contributed by atoms with Crippen LogP contribution in [0.2, 0.25) is 0 Å². The molecule has 0 saturated carbocycles. The summed E-state index contributed by atoms with van der Waals surface area (Å²) in [4.78, 5) is 25.2. The first-order valence-corrected chi connectivity index (χ1v) is 7.99. The lowest BCUT2D eigenvalue weighted by molar-refractivity contribution is -0.318. The number of hydrogen-bond donors (Lipinski definition) is 1. The molecular weight excluding hydrogens is 320 g/mol. The average molecular weight is 346 g/mol. The molecule has 0 saturated heterocycles. The van der Waals surface area contributed by atoms with Crippen molar-refractivity contribution in [2.24, 2.45) is 0 Å². The van der Waals surface area contributed by atoms with Gasteiger partial charge in [-0.2, -0.15) is 4.89 Å². The molecule has 0 fully saturated rings. The summed E-state index contributed by atoms with van der Waals surface area (Å²) in [6.45, 7) is 9.05. The smallest absolute Gasteiger partial charge is 0.292 e. The average Bonchev–Trinajstić information content (AvgIpc) is 2.61. The molecule has 2 aromatic rings. The highest BCUT2D eigenvalue weighted by molar-refractivity contribution is 5.88. The van der Waals surface area contributed by atoms with Crippen molar-refractivity contribution >= 4 is 5.97 Å². The van der Waals surface area contributed by atoms with E-state index >= 15 is 0 Å². The van der Waals surface area contributed by atoms with Gasteiger partial charge in [0.05, 0.1) is 5.56 Å².